The molecule has 6 aliphatic rings. The zero-order valence-corrected chi connectivity index (χ0v) is 74.3. The molecule has 645 valence electrons. The Kier molecular flexibility index (Phi) is 23.8. The van der Waals surface area contributed by atoms with Crippen molar-refractivity contribution >= 4 is 144 Å². The maximum absolute atomic E-state index is 4.95. The number of ether oxygens (including phenoxy) is 1. The molecule has 24 bridgehead atoms. The third kappa shape index (κ3) is 15.5. The summed E-state index contributed by atoms with van der Waals surface area (Å²) in [6.45, 7) is 0. The molecule has 30 heteroatoms. The number of hydrogen-bond acceptors (Lipinski definition) is 21. The second-order valence-electron chi connectivity index (χ2n) is 30.3. The molecule has 0 saturated carbocycles. The molecule has 12 aromatic carbocycles. The van der Waals surface area contributed by atoms with E-state index in [0.29, 0.717) is 138 Å². The summed E-state index contributed by atoms with van der Waals surface area (Å²) in [5.74, 6) is 6.62. The predicted molar refractivity (Wildman–Crippen MR) is 509 cm³/mol. The largest absolute Gasteiger partial charge is 2.00 e. The molecule has 15 heterocycles. The molecule has 0 amide bonds. The van der Waals surface area contributed by atoms with Crippen LogP contribution in [0.3, 0.4) is 0 Å². The van der Waals surface area contributed by atoms with Crippen LogP contribution in [0.5, 0.6) is 0 Å². The molecule has 0 atom stereocenters. The molecule has 0 saturated heterocycles. The van der Waals surface area contributed by atoms with Gasteiger partial charge in [0, 0.05) is 149 Å². The van der Waals surface area contributed by atoms with E-state index in [-0.39, 0.29) is 51.2 Å². The fraction of sp³-hybridized carbons (Fsp3) is 0.0588. The molecule has 0 fully saturated rings. The third-order valence-electron chi connectivity index (χ3n) is 22.0. The van der Waals surface area contributed by atoms with Gasteiger partial charge in [0.25, 0.3) is 0 Å². The smallest absolute Gasteiger partial charge is 0.388 e. The van der Waals surface area contributed by atoms with Crippen LogP contribution in [0, 0.1) is 0 Å². The van der Waals surface area contributed by atoms with Crippen LogP contribution in [0.4, 0.5) is 0 Å². The van der Waals surface area contributed by atoms with Gasteiger partial charge in [-0.15, -0.1) is 0 Å². The van der Waals surface area contributed by atoms with Gasteiger partial charge in [0.15, 0.2) is 0 Å². The van der Waals surface area contributed by atoms with Crippen LogP contribution in [0.2, 0.25) is 0 Å². The Hall–Kier alpha value is -15.5. The average molecular weight is 1880 g/mol. The number of hydrogen-bond donors (Lipinski definition) is 1. The van der Waals surface area contributed by atoms with E-state index >= 15 is 0 Å². The molecule has 132 heavy (non-hydrogen) atoms. The number of thioether (sulfide) groups is 1. The van der Waals surface area contributed by atoms with Crippen LogP contribution >= 0.6 is 11.8 Å². The van der Waals surface area contributed by atoms with Crippen LogP contribution in [-0.4, -0.2) is 131 Å². The summed E-state index contributed by atoms with van der Waals surface area (Å²) in [6.07, 6.45) is 4.08. The summed E-state index contributed by atoms with van der Waals surface area (Å²) in [5, 5.41) is 13.5. The molecule has 26 nitrogen and oxygen atoms in total. The predicted octanol–water partition coefficient (Wildman–Crippen LogP) is 19.5. The molecule has 3 radical (unpaired) electrons. The van der Waals surface area contributed by atoms with Gasteiger partial charge >= 0.3 is 51.2 Å². The molecule has 0 spiro atoms. The van der Waals surface area contributed by atoms with Crippen molar-refractivity contribution in [3.8, 4) is 137 Å². The summed E-state index contributed by atoms with van der Waals surface area (Å²) in [6, 6.07) is 95.5. The molecule has 27 rings (SSSR count). The Balaban J connectivity index is 0.000000121. The van der Waals surface area contributed by atoms with Crippen molar-refractivity contribution in [2.75, 3.05) is 40.8 Å². The second kappa shape index (κ2) is 36.6. The Morgan fingerprint density at radius 2 is 0.250 bits per heavy atom. The van der Waals surface area contributed by atoms with Gasteiger partial charge in [-0.3, -0.25) is 0 Å². The van der Waals surface area contributed by atoms with E-state index in [9.17, 15) is 0 Å². The number of aromatic nitrogens is 24. The van der Waals surface area contributed by atoms with Crippen LogP contribution in [0.25, 0.3) is 269 Å². The number of methoxy groups -OCH3 is 1. The van der Waals surface area contributed by atoms with Crippen LogP contribution in [0.15, 0.2) is 291 Å². The van der Waals surface area contributed by atoms with Crippen LogP contribution in [-0.2, 0) is 55.9 Å². The third-order valence-corrected chi connectivity index (χ3v) is 22.0. The van der Waals surface area contributed by atoms with Crippen molar-refractivity contribution in [3.05, 3.63) is 291 Å². The summed E-state index contributed by atoms with van der Waals surface area (Å²) in [4.78, 5) is 118. The van der Waals surface area contributed by atoms with E-state index in [2.05, 4.69) is 10.1 Å². The quantitative estimate of drug-likeness (QED) is 0.138. The standard InChI is InChI=1S/3C32H16N8.C2H7N.C2H6O.C2H6S.3Cu/c3*1-2-10-18-17(9-1)25-33-26(18)38-28-21-13-5-6-14-22(21)30(35-28)40-32-24-16-8-7-15-23(24)31(36-32)39-29-20-12-4-3-11-19(20)27(34-29)37-25;3*1-3-2;;;/h3*1-16H;3H,1-2H3;2*1-2H3;;;/q3*-2;;;;3*+2. The zero-order valence-electron chi connectivity index (χ0n) is 70.7. The fourth-order valence-electron chi connectivity index (χ4n) is 16.4. The summed E-state index contributed by atoms with van der Waals surface area (Å²) < 4.78 is 4.25. The molecule has 6 aliphatic heterocycles. The normalized spacial score (nSPS) is 11.3. The maximum Gasteiger partial charge on any atom is 2.00 e. The maximum atomic E-state index is 4.95. The van der Waals surface area contributed by atoms with E-state index in [1.165, 1.54) is 0 Å². The van der Waals surface area contributed by atoms with E-state index in [0.717, 1.165) is 131 Å². The summed E-state index contributed by atoms with van der Waals surface area (Å²) >= 11 is 1.75. The van der Waals surface area contributed by atoms with Crippen molar-refractivity contribution < 1.29 is 55.9 Å². The number of nitrogens with one attached hydrogen (secondary N) is 1. The minimum atomic E-state index is 0. The Labute approximate surface area is 787 Å². The van der Waals surface area contributed by atoms with Gasteiger partial charge in [0.05, 0.1) is 69.9 Å². The van der Waals surface area contributed by atoms with E-state index in [4.69, 9.17) is 120 Å². The van der Waals surface area contributed by atoms with E-state index in [1.807, 2.05) is 318 Å². The van der Waals surface area contributed by atoms with Gasteiger partial charge in [-0.1, -0.05) is 291 Å². The first-order chi connectivity index (χ1) is 63.6. The molecule has 0 aliphatic carbocycles. The number of fused-ring (bicyclic) bond motifs is 60. The van der Waals surface area contributed by atoms with Gasteiger partial charge in [-0.05, 0) is 91.2 Å². The molecular weight excluding hydrogens is 1810 g/mol. The molecule has 21 aromatic rings. The monoisotopic (exact) mass is 1880 g/mol. The SMILES string of the molecule is CNC.COC.CSC.[Cu+2].[Cu+2].[Cu+2].c1ccc2c(c1)-c1nc-2nc2[n-]c(nc3nc(nc4[n-]c(n1)c1ccccc41)-c1ccccc1-3)c1ccccc21.c1ccc2c(c1)-c1nc-2nc2[n-]c(nc3nc(nc4[n-]c(n1)c1ccccc41)-c1ccccc1-3)c1ccccc21.c1ccc2c(c1)-c1nc-2nc2[n-]c(nc3nc(nc4[n-]c(n1)c1ccccc41)-c1ccccc1-3)c1ccccc21. The van der Waals surface area contributed by atoms with E-state index in [1.54, 1.807) is 26.0 Å². The zero-order chi connectivity index (χ0) is 86.7. The first-order valence-electron chi connectivity index (χ1n) is 41.3. The van der Waals surface area contributed by atoms with Crippen molar-refractivity contribution in [3.63, 3.8) is 0 Å². The minimum absolute atomic E-state index is 0. The Morgan fingerprint density at radius 1 is 0.174 bits per heavy atom. The average Bonchev–Trinajstić information content (AvgIpc) is 1.60. The number of benzene rings is 12. The van der Waals surface area contributed by atoms with Crippen molar-refractivity contribution in [1.29, 1.82) is 0 Å². The van der Waals surface area contributed by atoms with Gasteiger partial charge in [-0.25, -0.2) is 29.9 Å². The summed E-state index contributed by atoms with van der Waals surface area (Å²) in [7, 11) is 7.00. The first kappa shape index (κ1) is 86.0. The molecule has 9 aromatic heterocycles. The van der Waals surface area contributed by atoms with Gasteiger partial charge in [0.1, 0.15) is 0 Å². The van der Waals surface area contributed by atoms with E-state index < -0.39 is 0 Å². The van der Waals surface area contributed by atoms with Crippen molar-refractivity contribution in [2.24, 2.45) is 0 Å². The second-order valence-corrected chi connectivity index (χ2v) is 31.1. The van der Waals surface area contributed by atoms with Gasteiger partial charge < -0.3 is 99.8 Å². The summed E-state index contributed by atoms with van der Waals surface area (Å²) in [5.41, 5.74) is 17.3. The fourth-order valence-corrected chi connectivity index (χ4v) is 16.4. The van der Waals surface area contributed by atoms with Crippen molar-refractivity contribution in [1.82, 2.24) is 125 Å². The first-order valence-corrected chi connectivity index (χ1v) is 42.9. The minimum Gasteiger partial charge on any atom is -0.388 e. The Bertz CT molecular complexity index is 6970. The number of nitrogens with zero attached hydrogens (tertiary/aromatic N) is 24. The van der Waals surface area contributed by atoms with Gasteiger partial charge in [-0.2, -0.15) is 11.8 Å². The molecule has 1 N–H and O–H groups in total. The molecule has 0 unspecified atom stereocenters. The Morgan fingerprint density at radius 3 is 0.333 bits per heavy atom. The number of rotatable bonds is 0. The topological polar surface area (TPSA) is 338 Å². The van der Waals surface area contributed by atoms with Crippen molar-refractivity contribution in [2.45, 2.75) is 0 Å². The molecular formula is C102H67Cu3N25OS. The van der Waals surface area contributed by atoms with Crippen LogP contribution < -0.4 is 35.2 Å². The van der Waals surface area contributed by atoms with Crippen LogP contribution in [0.1, 0.15) is 0 Å². The van der Waals surface area contributed by atoms with Gasteiger partial charge in [0.2, 0.25) is 0 Å².